The van der Waals surface area contributed by atoms with Gasteiger partial charge in [-0.25, -0.2) is 5.43 Å². The van der Waals surface area contributed by atoms with E-state index in [4.69, 9.17) is 23.2 Å². The lowest BCUT2D eigenvalue weighted by Gasteiger charge is -2.07. The van der Waals surface area contributed by atoms with Crippen molar-refractivity contribution < 1.29 is 9.90 Å². The number of phenols is 1. The molecule has 1 aromatic carbocycles. The van der Waals surface area contributed by atoms with Crippen molar-refractivity contribution in [3.63, 3.8) is 0 Å². The van der Waals surface area contributed by atoms with Crippen molar-refractivity contribution in [1.82, 2.24) is 5.43 Å². The molecule has 0 saturated carbocycles. The SMILES string of the molecule is C/C(=N\NC(=O)Cc1cccs1)c1cc(Cl)cc(Cl)c1O. The van der Waals surface area contributed by atoms with Gasteiger partial charge in [0.1, 0.15) is 5.75 Å². The summed E-state index contributed by atoms with van der Waals surface area (Å²) >= 11 is 13.2. The summed E-state index contributed by atoms with van der Waals surface area (Å²) < 4.78 is 0. The van der Waals surface area contributed by atoms with E-state index in [2.05, 4.69) is 10.5 Å². The van der Waals surface area contributed by atoms with Crippen molar-refractivity contribution in [3.05, 3.63) is 50.1 Å². The van der Waals surface area contributed by atoms with E-state index in [0.29, 0.717) is 16.3 Å². The van der Waals surface area contributed by atoms with Crippen LogP contribution in [0.2, 0.25) is 10.0 Å². The second kappa shape index (κ2) is 6.93. The van der Waals surface area contributed by atoms with Crippen molar-refractivity contribution in [3.8, 4) is 5.75 Å². The first-order valence-corrected chi connectivity index (χ1v) is 7.65. The maximum atomic E-state index is 11.7. The van der Waals surface area contributed by atoms with Gasteiger partial charge in [0, 0.05) is 15.5 Å². The fourth-order valence-corrected chi connectivity index (χ4v) is 2.86. The highest BCUT2D eigenvalue weighted by Gasteiger charge is 2.11. The summed E-state index contributed by atoms with van der Waals surface area (Å²) in [7, 11) is 0. The molecule has 0 aliphatic heterocycles. The lowest BCUT2D eigenvalue weighted by atomic mass is 10.1. The third kappa shape index (κ3) is 4.20. The molecule has 110 valence electrons. The average Bonchev–Trinajstić information content (AvgIpc) is 2.93. The van der Waals surface area contributed by atoms with Crippen LogP contribution in [-0.2, 0) is 11.2 Å². The van der Waals surface area contributed by atoms with Crippen molar-refractivity contribution in [2.75, 3.05) is 0 Å². The van der Waals surface area contributed by atoms with Crippen LogP contribution in [0, 0.1) is 0 Å². The largest absolute Gasteiger partial charge is 0.506 e. The number of benzene rings is 1. The number of carbonyl (C=O) groups excluding carboxylic acids is 1. The Balaban J connectivity index is 2.09. The van der Waals surface area contributed by atoms with E-state index in [1.165, 1.54) is 23.5 Å². The predicted molar refractivity (Wildman–Crippen MR) is 86.5 cm³/mol. The van der Waals surface area contributed by atoms with Crippen LogP contribution < -0.4 is 5.43 Å². The molecule has 2 N–H and O–H groups in total. The molecule has 4 nitrogen and oxygen atoms in total. The molecule has 0 radical (unpaired) electrons. The first-order valence-electron chi connectivity index (χ1n) is 6.01. The molecule has 0 fully saturated rings. The number of phenolic OH excluding ortho intramolecular Hbond substituents is 1. The molecule has 2 aromatic rings. The number of aromatic hydroxyl groups is 1. The van der Waals surface area contributed by atoms with E-state index in [9.17, 15) is 9.90 Å². The van der Waals surface area contributed by atoms with Gasteiger partial charge < -0.3 is 5.11 Å². The van der Waals surface area contributed by atoms with Crippen LogP contribution in [-0.4, -0.2) is 16.7 Å². The summed E-state index contributed by atoms with van der Waals surface area (Å²) in [6.07, 6.45) is 0.261. The van der Waals surface area contributed by atoms with E-state index in [0.717, 1.165) is 4.88 Å². The zero-order valence-corrected chi connectivity index (χ0v) is 13.4. The topological polar surface area (TPSA) is 61.7 Å². The molecule has 1 heterocycles. The molecular weight excluding hydrogens is 331 g/mol. The number of nitrogens with one attached hydrogen (secondary N) is 1. The van der Waals surface area contributed by atoms with Gasteiger partial charge in [-0.2, -0.15) is 5.10 Å². The van der Waals surface area contributed by atoms with Gasteiger partial charge in [0.05, 0.1) is 17.2 Å². The number of hydrogen-bond acceptors (Lipinski definition) is 4. The molecule has 1 aromatic heterocycles. The Hall–Kier alpha value is -1.56. The first-order chi connectivity index (χ1) is 9.97. The molecule has 0 spiro atoms. The Kier molecular flexibility index (Phi) is 5.22. The van der Waals surface area contributed by atoms with Gasteiger partial charge in [-0.3, -0.25) is 4.79 Å². The molecule has 0 unspecified atom stereocenters. The van der Waals surface area contributed by atoms with Gasteiger partial charge in [-0.15, -0.1) is 11.3 Å². The Morgan fingerprint density at radius 3 is 2.86 bits per heavy atom. The lowest BCUT2D eigenvalue weighted by molar-refractivity contribution is -0.120. The van der Waals surface area contributed by atoms with E-state index in [1.54, 1.807) is 6.92 Å². The van der Waals surface area contributed by atoms with Crippen LogP contribution in [0.15, 0.2) is 34.7 Å². The Bertz CT molecular complexity index is 685. The number of carbonyl (C=O) groups is 1. The lowest BCUT2D eigenvalue weighted by Crippen LogP contribution is -2.20. The van der Waals surface area contributed by atoms with Crippen LogP contribution >= 0.6 is 34.5 Å². The van der Waals surface area contributed by atoms with Gasteiger partial charge in [0.2, 0.25) is 5.91 Å². The van der Waals surface area contributed by atoms with Crippen LogP contribution in [0.1, 0.15) is 17.4 Å². The van der Waals surface area contributed by atoms with E-state index in [1.807, 2.05) is 17.5 Å². The maximum absolute atomic E-state index is 11.7. The molecule has 0 aliphatic carbocycles. The second-order valence-corrected chi connectivity index (χ2v) is 6.15. The third-order valence-electron chi connectivity index (χ3n) is 2.68. The van der Waals surface area contributed by atoms with Gasteiger partial charge >= 0.3 is 0 Å². The number of hydrogen-bond donors (Lipinski definition) is 2. The third-order valence-corrected chi connectivity index (χ3v) is 4.06. The number of halogens is 2. The highest BCUT2D eigenvalue weighted by molar-refractivity contribution is 7.10. The van der Waals surface area contributed by atoms with Crippen molar-refractivity contribution in [2.45, 2.75) is 13.3 Å². The second-order valence-electron chi connectivity index (χ2n) is 4.27. The molecule has 21 heavy (non-hydrogen) atoms. The Morgan fingerprint density at radius 1 is 1.43 bits per heavy atom. The Morgan fingerprint density at radius 2 is 2.19 bits per heavy atom. The summed E-state index contributed by atoms with van der Waals surface area (Å²) in [5, 5.41) is 16.3. The molecule has 7 heteroatoms. The number of amides is 1. The fourth-order valence-electron chi connectivity index (χ4n) is 1.66. The Labute approximate surface area is 136 Å². The quantitative estimate of drug-likeness (QED) is 0.654. The number of nitrogens with zero attached hydrogens (tertiary/aromatic N) is 1. The molecular formula is C14H12Cl2N2O2S. The zero-order valence-electron chi connectivity index (χ0n) is 11.1. The van der Waals surface area contributed by atoms with Crippen molar-refractivity contribution in [2.24, 2.45) is 5.10 Å². The van der Waals surface area contributed by atoms with Crippen molar-refractivity contribution in [1.29, 1.82) is 0 Å². The minimum absolute atomic E-state index is 0.116. The minimum Gasteiger partial charge on any atom is -0.506 e. The summed E-state index contributed by atoms with van der Waals surface area (Å²) in [4.78, 5) is 12.7. The zero-order chi connectivity index (χ0) is 15.4. The summed E-state index contributed by atoms with van der Waals surface area (Å²) in [5.74, 6) is -0.348. The monoisotopic (exact) mass is 342 g/mol. The molecule has 2 rings (SSSR count). The molecule has 0 bridgehead atoms. The standard InChI is InChI=1S/C14H12Cl2N2O2S/c1-8(11-5-9(15)6-12(16)14(11)20)17-18-13(19)7-10-3-2-4-21-10/h2-6,20H,7H2,1H3,(H,18,19)/b17-8+. The highest BCUT2D eigenvalue weighted by Crippen LogP contribution is 2.31. The summed E-state index contributed by atoms with van der Waals surface area (Å²) in [6.45, 7) is 1.65. The molecule has 0 aliphatic rings. The summed E-state index contributed by atoms with van der Waals surface area (Å²) in [5.41, 5.74) is 3.24. The summed E-state index contributed by atoms with van der Waals surface area (Å²) in [6, 6.07) is 6.73. The van der Waals surface area contributed by atoms with E-state index >= 15 is 0 Å². The molecule has 0 atom stereocenters. The smallest absolute Gasteiger partial charge is 0.245 e. The average molecular weight is 343 g/mol. The minimum atomic E-state index is -0.232. The maximum Gasteiger partial charge on any atom is 0.245 e. The molecule has 1 amide bonds. The normalized spacial score (nSPS) is 11.5. The number of rotatable bonds is 4. The highest BCUT2D eigenvalue weighted by atomic mass is 35.5. The van der Waals surface area contributed by atoms with Crippen LogP contribution in [0.25, 0.3) is 0 Å². The van der Waals surface area contributed by atoms with Crippen LogP contribution in [0.3, 0.4) is 0 Å². The van der Waals surface area contributed by atoms with Crippen LogP contribution in [0.5, 0.6) is 5.75 Å². The molecule has 0 saturated heterocycles. The number of hydrazone groups is 1. The predicted octanol–water partition coefficient (Wildman–Crippen LogP) is 3.84. The van der Waals surface area contributed by atoms with Gasteiger partial charge in [-0.05, 0) is 30.5 Å². The van der Waals surface area contributed by atoms with Gasteiger partial charge in [0.25, 0.3) is 0 Å². The van der Waals surface area contributed by atoms with E-state index in [-0.39, 0.29) is 23.1 Å². The van der Waals surface area contributed by atoms with Crippen LogP contribution in [0.4, 0.5) is 0 Å². The number of thiophene rings is 1. The van der Waals surface area contributed by atoms with E-state index < -0.39 is 0 Å². The van der Waals surface area contributed by atoms with Crippen molar-refractivity contribution >= 4 is 46.2 Å². The van der Waals surface area contributed by atoms with Gasteiger partial charge in [0.15, 0.2) is 0 Å². The first kappa shape index (κ1) is 15.8. The van der Waals surface area contributed by atoms with Gasteiger partial charge in [-0.1, -0.05) is 29.3 Å². The fraction of sp³-hybridized carbons (Fsp3) is 0.143.